The number of hydrogen-bond acceptors (Lipinski definition) is 3. The summed E-state index contributed by atoms with van der Waals surface area (Å²) >= 11 is 0. The van der Waals surface area contributed by atoms with Gasteiger partial charge in [0.05, 0.1) is 6.61 Å². The highest BCUT2D eigenvalue weighted by Crippen LogP contribution is 2.21. The van der Waals surface area contributed by atoms with Crippen molar-refractivity contribution in [2.24, 2.45) is 0 Å². The van der Waals surface area contributed by atoms with Crippen molar-refractivity contribution in [1.82, 2.24) is 9.88 Å². The number of aromatic amines is 1. The first kappa shape index (κ1) is 13.8. The molecule has 3 rings (SSSR count). The molecule has 0 radical (unpaired) electrons. The Kier molecular flexibility index (Phi) is 3.99. The summed E-state index contributed by atoms with van der Waals surface area (Å²) in [6.45, 7) is 3.78. The lowest BCUT2D eigenvalue weighted by atomic mass is 10.0. The van der Waals surface area contributed by atoms with E-state index in [0.717, 1.165) is 37.1 Å². The average Bonchev–Trinajstić information content (AvgIpc) is 2.96. The van der Waals surface area contributed by atoms with E-state index in [9.17, 15) is 4.79 Å². The molecule has 0 atom stereocenters. The summed E-state index contributed by atoms with van der Waals surface area (Å²) < 4.78 is 5.04. The molecule has 5 nitrogen and oxygen atoms in total. The van der Waals surface area contributed by atoms with Crippen molar-refractivity contribution in [3.8, 4) is 0 Å². The van der Waals surface area contributed by atoms with Crippen molar-refractivity contribution >= 4 is 22.7 Å². The van der Waals surface area contributed by atoms with Gasteiger partial charge in [0.2, 0.25) is 0 Å². The minimum Gasteiger partial charge on any atom is -0.450 e. The fraction of sp³-hybridized carbons (Fsp3) is 0.438. The quantitative estimate of drug-likeness (QED) is 0.911. The molecule has 0 spiro atoms. The summed E-state index contributed by atoms with van der Waals surface area (Å²) in [5.41, 5.74) is 2.29. The molecule has 1 fully saturated rings. The number of fused-ring (bicyclic) bond motifs is 1. The van der Waals surface area contributed by atoms with Crippen molar-refractivity contribution in [3.63, 3.8) is 0 Å². The maximum atomic E-state index is 11.7. The first-order valence-electron chi connectivity index (χ1n) is 7.51. The molecule has 1 aliphatic heterocycles. The van der Waals surface area contributed by atoms with Gasteiger partial charge in [0.1, 0.15) is 0 Å². The Labute approximate surface area is 124 Å². The zero-order valence-corrected chi connectivity index (χ0v) is 12.3. The summed E-state index contributed by atoms with van der Waals surface area (Å²) in [4.78, 5) is 16.6. The molecule has 1 aromatic carbocycles. The number of nitrogens with one attached hydrogen (secondary N) is 2. The summed E-state index contributed by atoms with van der Waals surface area (Å²) in [6, 6.07) is 8.82. The van der Waals surface area contributed by atoms with Gasteiger partial charge in [-0.15, -0.1) is 0 Å². The molecule has 0 saturated carbocycles. The molecule has 0 bridgehead atoms. The van der Waals surface area contributed by atoms with Crippen LogP contribution in [0.4, 0.5) is 10.5 Å². The molecule has 1 aliphatic rings. The Morgan fingerprint density at radius 3 is 2.95 bits per heavy atom. The standard InChI is InChI=1S/C16H21N3O2/c1-2-21-16(20)19-9-6-13(7-10-19)18-14-3-4-15-12(11-14)5-8-17-15/h3-5,8,11,13,17-18H,2,6-7,9-10H2,1H3. The lowest BCUT2D eigenvalue weighted by Crippen LogP contribution is -2.42. The first-order valence-corrected chi connectivity index (χ1v) is 7.51. The molecular formula is C16H21N3O2. The Balaban J connectivity index is 1.56. The van der Waals surface area contributed by atoms with Crippen LogP contribution >= 0.6 is 0 Å². The summed E-state index contributed by atoms with van der Waals surface area (Å²) in [7, 11) is 0. The highest BCUT2D eigenvalue weighted by atomic mass is 16.6. The van der Waals surface area contributed by atoms with Gasteiger partial charge in [0.25, 0.3) is 0 Å². The van der Waals surface area contributed by atoms with Gasteiger partial charge in [-0.2, -0.15) is 0 Å². The SMILES string of the molecule is CCOC(=O)N1CCC(Nc2ccc3[nH]ccc3c2)CC1. The van der Waals surface area contributed by atoms with Gasteiger partial charge in [-0.05, 0) is 44.0 Å². The number of carbonyl (C=O) groups is 1. The van der Waals surface area contributed by atoms with Gasteiger partial charge in [-0.3, -0.25) is 0 Å². The fourth-order valence-electron chi connectivity index (χ4n) is 2.80. The third kappa shape index (κ3) is 3.12. The number of amides is 1. The van der Waals surface area contributed by atoms with E-state index in [4.69, 9.17) is 4.74 Å². The maximum absolute atomic E-state index is 11.7. The highest BCUT2D eigenvalue weighted by Gasteiger charge is 2.23. The summed E-state index contributed by atoms with van der Waals surface area (Å²) in [5, 5.41) is 4.77. The van der Waals surface area contributed by atoms with Gasteiger partial charge in [-0.25, -0.2) is 4.79 Å². The molecule has 0 unspecified atom stereocenters. The van der Waals surface area contributed by atoms with E-state index in [0.29, 0.717) is 12.6 Å². The number of H-pyrrole nitrogens is 1. The van der Waals surface area contributed by atoms with Crippen LogP contribution < -0.4 is 5.32 Å². The van der Waals surface area contributed by atoms with Crippen molar-refractivity contribution in [1.29, 1.82) is 0 Å². The molecule has 112 valence electrons. The molecule has 1 amide bonds. The fourth-order valence-corrected chi connectivity index (χ4v) is 2.80. The predicted molar refractivity (Wildman–Crippen MR) is 83.5 cm³/mol. The monoisotopic (exact) mass is 287 g/mol. The van der Waals surface area contributed by atoms with Crippen LogP contribution in [-0.2, 0) is 4.74 Å². The van der Waals surface area contributed by atoms with Crippen LogP contribution in [0.1, 0.15) is 19.8 Å². The third-order valence-corrected chi connectivity index (χ3v) is 3.95. The predicted octanol–water partition coefficient (Wildman–Crippen LogP) is 3.20. The Bertz CT molecular complexity index is 615. The van der Waals surface area contributed by atoms with Gasteiger partial charge >= 0.3 is 6.09 Å². The number of ether oxygens (including phenoxy) is 1. The number of anilines is 1. The lowest BCUT2D eigenvalue weighted by molar-refractivity contribution is 0.0983. The van der Waals surface area contributed by atoms with E-state index < -0.39 is 0 Å². The minimum absolute atomic E-state index is 0.190. The second-order valence-corrected chi connectivity index (χ2v) is 5.38. The number of likely N-dealkylation sites (tertiary alicyclic amines) is 1. The number of aromatic nitrogens is 1. The van der Waals surface area contributed by atoms with Crippen LogP contribution in [0, 0.1) is 0 Å². The van der Waals surface area contributed by atoms with E-state index in [1.54, 1.807) is 4.90 Å². The number of rotatable bonds is 3. The van der Waals surface area contributed by atoms with Crippen molar-refractivity contribution in [3.05, 3.63) is 30.5 Å². The van der Waals surface area contributed by atoms with Crippen LogP contribution in [0.15, 0.2) is 30.5 Å². The molecule has 5 heteroatoms. The average molecular weight is 287 g/mol. The Morgan fingerprint density at radius 2 is 2.19 bits per heavy atom. The van der Waals surface area contributed by atoms with E-state index in [2.05, 4.69) is 34.6 Å². The first-order chi connectivity index (χ1) is 10.3. The number of carbonyl (C=O) groups excluding carboxylic acids is 1. The van der Waals surface area contributed by atoms with Crippen LogP contribution in [0.25, 0.3) is 10.9 Å². The molecule has 0 aliphatic carbocycles. The number of hydrogen-bond donors (Lipinski definition) is 2. The van der Waals surface area contributed by atoms with Crippen molar-refractivity contribution in [2.45, 2.75) is 25.8 Å². The molecule has 21 heavy (non-hydrogen) atoms. The molecule has 2 N–H and O–H groups in total. The number of benzene rings is 1. The zero-order valence-electron chi connectivity index (χ0n) is 12.3. The molecule has 2 aromatic rings. The highest BCUT2D eigenvalue weighted by molar-refractivity contribution is 5.83. The largest absolute Gasteiger partial charge is 0.450 e. The smallest absolute Gasteiger partial charge is 0.409 e. The van der Waals surface area contributed by atoms with E-state index in [1.807, 2.05) is 13.1 Å². The van der Waals surface area contributed by atoms with Crippen molar-refractivity contribution < 1.29 is 9.53 Å². The van der Waals surface area contributed by atoms with Gasteiger partial charge in [0, 0.05) is 41.9 Å². The second-order valence-electron chi connectivity index (χ2n) is 5.38. The van der Waals surface area contributed by atoms with Gasteiger partial charge in [-0.1, -0.05) is 0 Å². The van der Waals surface area contributed by atoms with E-state index >= 15 is 0 Å². The topological polar surface area (TPSA) is 57.4 Å². The molecular weight excluding hydrogens is 266 g/mol. The third-order valence-electron chi connectivity index (χ3n) is 3.95. The van der Waals surface area contributed by atoms with Crippen LogP contribution in [0.3, 0.4) is 0 Å². The Morgan fingerprint density at radius 1 is 1.38 bits per heavy atom. The van der Waals surface area contributed by atoms with Crippen LogP contribution in [0.5, 0.6) is 0 Å². The van der Waals surface area contributed by atoms with Crippen LogP contribution in [-0.4, -0.2) is 41.7 Å². The zero-order chi connectivity index (χ0) is 14.7. The van der Waals surface area contributed by atoms with Crippen LogP contribution in [0.2, 0.25) is 0 Å². The second kappa shape index (κ2) is 6.08. The normalized spacial score (nSPS) is 16.1. The maximum Gasteiger partial charge on any atom is 0.409 e. The number of piperidine rings is 1. The lowest BCUT2D eigenvalue weighted by Gasteiger charge is -2.32. The van der Waals surface area contributed by atoms with E-state index in [1.165, 1.54) is 5.39 Å². The van der Waals surface area contributed by atoms with Gasteiger partial charge < -0.3 is 19.9 Å². The number of nitrogens with zero attached hydrogens (tertiary/aromatic N) is 1. The van der Waals surface area contributed by atoms with Crippen molar-refractivity contribution in [2.75, 3.05) is 25.0 Å². The summed E-state index contributed by atoms with van der Waals surface area (Å²) in [5.74, 6) is 0. The van der Waals surface area contributed by atoms with Gasteiger partial charge in [0.15, 0.2) is 0 Å². The minimum atomic E-state index is -0.190. The summed E-state index contributed by atoms with van der Waals surface area (Å²) in [6.07, 6.45) is 3.66. The molecule has 1 saturated heterocycles. The molecule has 1 aromatic heterocycles. The Hall–Kier alpha value is -2.17. The van der Waals surface area contributed by atoms with E-state index in [-0.39, 0.29) is 6.09 Å². The molecule has 2 heterocycles.